The predicted molar refractivity (Wildman–Crippen MR) is 68.5 cm³/mol. The second kappa shape index (κ2) is 6.46. The average Bonchev–Trinajstić information content (AvgIpc) is 2.82. The molecule has 1 heterocycles. The highest BCUT2D eigenvalue weighted by molar-refractivity contribution is 6.31. The van der Waals surface area contributed by atoms with Gasteiger partial charge in [0.1, 0.15) is 5.82 Å². The Morgan fingerprint density at radius 2 is 2.30 bits per heavy atom. The molecule has 0 saturated heterocycles. The number of benzene rings is 1. The molecular weight excluding hydrogens is 285 g/mol. The molecule has 0 spiro atoms. The molecule has 1 aromatic heterocycles. The molecule has 0 aliphatic heterocycles. The maximum Gasteiger partial charge on any atom is 0.229 e. The second-order valence-electron chi connectivity index (χ2n) is 4.20. The Morgan fingerprint density at radius 3 is 3.00 bits per heavy atom. The van der Waals surface area contributed by atoms with E-state index >= 15 is 0 Å². The number of rotatable bonds is 5. The van der Waals surface area contributed by atoms with E-state index in [-0.39, 0.29) is 31.0 Å². The van der Waals surface area contributed by atoms with Crippen molar-refractivity contribution in [1.82, 2.24) is 10.1 Å². The number of nitriles is 1. The van der Waals surface area contributed by atoms with Crippen LogP contribution in [-0.2, 0) is 12.8 Å². The standard InChI is InChI=1S/C13H11ClFN3O2/c14-10-2-1-3-11(15)9(10)7-12-17-13(20-18-12)6-8(19)4-5-16/h1-3,8,19H,4,6-7H2. The normalized spacial score (nSPS) is 12.1. The number of aromatic nitrogens is 2. The summed E-state index contributed by atoms with van der Waals surface area (Å²) in [4.78, 5) is 4.04. The van der Waals surface area contributed by atoms with Crippen molar-refractivity contribution >= 4 is 11.6 Å². The zero-order valence-corrected chi connectivity index (χ0v) is 11.1. The van der Waals surface area contributed by atoms with Crippen LogP contribution in [0.15, 0.2) is 22.7 Å². The first kappa shape index (κ1) is 14.4. The lowest BCUT2D eigenvalue weighted by Crippen LogP contribution is -2.09. The van der Waals surface area contributed by atoms with E-state index in [1.165, 1.54) is 12.1 Å². The third-order valence-electron chi connectivity index (χ3n) is 2.64. The third-order valence-corrected chi connectivity index (χ3v) is 3.00. The first-order valence-electron chi connectivity index (χ1n) is 5.89. The van der Waals surface area contributed by atoms with Gasteiger partial charge in [0.15, 0.2) is 5.82 Å². The summed E-state index contributed by atoms with van der Waals surface area (Å²) in [5.74, 6) is 0.0414. The van der Waals surface area contributed by atoms with Crippen molar-refractivity contribution in [3.05, 3.63) is 46.3 Å². The number of aliphatic hydroxyl groups is 1. The van der Waals surface area contributed by atoms with E-state index in [2.05, 4.69) is 10.1 Å². The second-order valence-corrected chi connectivity index (χ2v) is 4.61. The van der Waals surface area contributed by atoms with E-state index < -0.39 is 11.9 Å². The molecule has 0 bridgehead atoms. The summed E-state index contributed by atoms with van der Waals surface area (Å²) in [6.45, 7) is 0. The highest BCUT2D eigenvalue weighted by Crippen LogP contribution is 2.21. The topological polar surface area (TPSA) is 82.9 Å². The molecule has 0 aliphatic carbocycles. The van der Waals surface area contributed by atoms with Crippen LogP contribution < -0.4 is 0 Å². The summed E-state index contributed by atoms with van der Waals surface area (Å²) < 4.78 is 18.5. The Hall–Kier alpha value is -1.97. The molecule has 7 heteroatoms. The summed E-state index contributed by atoms with van der Waals surface area (Å²) in [6, 6.07) is 6.24. The number of hydrogen-bond donors (Lipinski definition) is 1. The minimum atomic E-state index is -0.856. The van der Waals surface area contributed by atoms with Crippen molar-refractivity contribution in [2.45, 2.75) is 25.4 Å². The van der Waals surface area contributed by atoms with Gasteiger partial charge in [-0.3, -0.25) is 0 Å². The van der Waals surface area contributed by atoms with Gasteiger partial charge >= 0.3 is 0 Å². The van der Waals surface area contributed by atoms with E-state index in [4.69, 9.17) is 21.4 Å². The molecule has 5 nitrogen and oxygen atoms in total. The van der Waals surface area contributed by atoms with E-state index in [1.54, 1.807) is 6.07 Å². The summed E-state index contributed by atoms with van der Waals surface area (Å²) in [7, 11) is 0. The molecule has 1 unspecified atom stereocenters. The van der Waals surface area contributed by atoms with E-state index in [1.807, 2.05) is 6.07 Å². The van der Waals surface area contributed by atoms with Crippen LogP contribution in [0.3, 0.4) is 0 Å². The van der Waals surface area contributed by atoms with Crippen LogP contribution in [0.5, 0.6) is 0 Å². The van der Waals surface area contributed by atoms with Crippen LogP contribution >= 0.6 is 11.6 Å². The Kier molecular flexibility index (Phi) is 4.66. The van der Waals surface area contributed by atoms with Crippen molar-refractivity contribution in [3.8, 4) is 6.07 Å². The maximum atomic E-state index is 13.6. The minimum absolute atomic E-state index is 0.0170. The van der Waals surface area contributed by atoms with Crippen LogP contribution in [0, 0.1) is 17.1 Å². The molecule has 0 fully saturated rings. The Balaban J connectivity index is 2.08. The molecule has 1 aromatic carbocycles. The molecule has 20 heavy (non-hydrogen) atoms. The largest absolute Gasteiger partial charge is 0.392 e. The Morgan fingerprint density at radius 1 is 1.50 bits per heavy atom. The molecule has 1 N–H and O–H groups in total. The highest BCUT2D eigenvalue weighted by Gasteiger charge is 2.15. The minimum Gasteiger partial charge on any atom is -0.392 e. The van der Waals surface area contributed by atoms with Crippen molar-refractivity contribution in [3.63, 3.8) is 0 Å². The van der Waals surface area contributed by atoms with E-state index in [9.17, 15) is 9.50 Å². The number of halogens is 2. The zero-order chi connectivity index (χ0) is 14.5. The van der Waals surface area contributed by atoms with E-state index in [0.717, 1.165) is 0 Å². The predicted octanol–water partition coefficient (Wildman–Crippen LogP) is 2.27. The SMILES string of the molecule is N#CCC(O)Cc1nc(Cc2c(F)cccc2Cl)no1. The zero-order valence-electron chi connectivity index (χ0n) is 10.4. The molecule has 0 saturated carbocycles. The average molecular weight is 296 g/mol. The monoisotopic (exact) mass is 295 g/mol. The van der Waals surface area contributed by atoms with Gasteiger partial charge in [-0.05, 0) is 12.1 Å². The van der Waals surface area contributed by atoms with Crippen molar-refractivity contribution in [2.24, 2.45) is 0 Å². The Bertz CT molecular complexity index is 619. The van der Waals surface area contributed by atoms with Crippen molar-refractivity contribution < 1.29 is 14.0 Å². The van der Waals surface area contributed by atoms with Crippen LogP contribution in [0.4, 0.5) is 4.39 Å². The van der Waals surface area contributed by atoms with Gasteiger partial charge in [0.2, 0.25) is 5.89 Å². The summed E-state index contributed by atoms with van der Waals surface area (Å²) in [5, 5.41) is 21.9. The third kappa shape index (κ3) is 3.53. The quantitative estimate of drug-likeness (QED) is 0.915. The first-order valence-corrected chi connectivity index (χ1v) is 6.27. The molecule has 0 aliphatic rings. The van der Waals surface area contributed by atoms with Gasteiger partial charge in [0.25, 0.3) is 0 Å². The van der Waals surface area contributed by atoms with Gasteiger partial charge in [-0.25, -0.2) is 4.39 Å². The van der Waals surface area contributed by atoms with Crippen molar-refractivity contribution in [1.29, 1.82) is 5.26 Å². The summed E-state index contributed by atoms with van der Waals surface area (Å²) in [5.41, 5.74) is 0.291. The van der Waals surface area contributed by atoms with Gasteiger partial charge < -0.3 is 9.63 Å². The lowest BCUT2D eigenvalue weighted by molar-refractivity contribution is 0.167. The molecular formula is C13H11ClFN3O2. The van der Waals surface area contributed by atoms with E-state index in [0.29, 0.717) is 10.6 Å². The van der Waals surface area contributed by atoms with Crippen LogP contribution in [0.2, 0.25) is 5.02 Å². The van der Waals surface area contributed by atoms with Gasteiger partial charge in [0.05, 0.1) is 25.0 Å². The van der Waals surface area contributed by atoms with Crippen molar-refractivity contribution in [2.75, 3.05) is 0 Å². The van der Waals surface area contributed by atoms with Gasteiger partial charge in [-0.2, -0.15) is 10.2 Å². The van der Waals surface area contributed by atoms with Crippen LogP contribution in [-0.4, -0.2) is 21.4 Å². The Labute approximate surface area is 119 Å². The van der Waals surface area contributed by atoms with Gasteiger partial charge in [-0.15, -0.1) is 0 Å². The fourth-order valence-corrected chi connectivity index (χ4v) is 1.91. The molecule has 2 aromatic rings. The number of hydrogen-bond acceptors (Lipinski definition) is 5. The smallest absolute Gasteiger partial charge is 0.229 e. The van der Waals surface area contributed by atoms with Crippen LogP contribution in [0.25, 0.3) is 0 Å². The van der Waals surface area contributed by atoms with Gasteiger partial charge in [-0.1, -0.05) is 22.8 Å². The lowest BCUT2D eigenvalue weighted by atomic mass is 10.1. The highest BCUT2D eigenvalue weighted by atomic mass is 35.5. The maximum absolute atomic E-state index is 13.6. The lowest BCUT2D eigenvalue weighted by Gasteiger charge is -2.02. The fraction of sp³-hybridized carbons (Fsp3) is 0.308. The van der Waals surface area contributed by atoms with Gasteiger partial charge in [0, 0.05) is 17.0 Å². The van der Waals surface area contributed by atoms with Crippen LogP contribution in [0.1, 0.15) is 23.7 Å². The number of nitrogens with zero attached hydrogens (tertiary/aromatic N) is 3. The molecule has 2 rings (SSSR count). The first-order chi connectivity index (χ1) is 9.60. The fourth-order valence-electron chi connectivity index (χ4n) is 1.68. The molecule has 0 amide bonds. The molecule has 0 radical (unpaired) electrons. The summed E-state index contributed by atoms with van der Waals surface area (Å²) >= 11 is 5.91. The number of aliphatic hydroxyl groups excluding tert-OH is 1. The molecule has 104 valence electrons. The summed E-state index contributed by atoms with van der Waals surface area (Å²) in [6.07, 6.45) is -0.684. The molecule has 1 atom stereocenters.